The molecule has 1 atom stereocenters. The molecule has 0 aliphatic carbocycles. The Kier molecular flexibility index (Phi) is 10.2. The number of benzene rings is 3. The molecule has 3 aromatic carbocycles. The quantitative estimate of drug-likeness (QED) is 0.335. The lowest BCUT2D eigenvalue weighted by atomic mass is 10.1. The first-order valence-corrected chi connectivity index (χ1v) is 14.8. The van der Waals surface area contributed by atoms with Gasteiger partial charge in [0, 0.05) is 18.1 Å². The molecule has 0 aliphatic heterocycles. The van der Waals surface area contributed by atoms with E-state index in [1.165, 1.54) is 4.90 Å². The molecule has 0 aliphatic rings. The number of nitrogens with zero attached hydrogens (tertiary/aromatic N) is 2. The summed E-state index contributed by atoms with van der Waals surface area (Å²) in [7, 11) is -4.11. The van der Waals surface area contributed by atoms with E-state index in [-0.39, 0.29) is 17.3 Å². The lowest BCUT2D eigenvalue weighted by Crippen LogP contribution is -2.52. The highest BCUT2D eigenvalue weighted by atomic mass is 35.5. The lowest BCUT2D eigenvalue weighted by Gasteiger charge is -2.33. The van der Waals surface area contributed by atoms with Crippen LogP contribution in [0.25, 0.3) is 0 Å². The molecule has 0 aromatic heterocycles. The van der Waals surface area contributed by atoms with E-state index >= 15 is 0 Å². The second kappa shape index (κ2) is 13.1. The van der Waals surface area contributed by atoms with Gasteiger partial charge in [-0.25, -0.2) is 8.42 Å². The van der Waals surface area contributed by atoms with Crippen molar-refractivity contribution in [3.8, 4) is 0 Å². The number of carbonyl (C=O) groups excluding carboxylic acids is 2. The standard InChI is InChI=1S/C30H36ClN3O4S/c1-6-27(30(36)32-7-2)33(19-24-13-15-25(31)16-14-24)29(35)20-34(28-10-8-9-22(4)23(28)5)39(37,38)26-17-11-21(3)12-18-26/h8-18,27H,6-7,19-20H2,1-5H3,(H,32,36). The Hall–Kier alpha value is -3.36. The summed E-state index contributed by atoms with van der Waals surface area (Å²) in [5.41, 5.74) is 3.76. The monoisotopic (exact) mass is 569 g/mol. The van der Waals surface area contributed by atoms with Gasteiger partial charge in [0.25, 0.3) is 10.0 Å². The zero-order valence-corrected chi connectivity index (χ0v) is 24.6. The number of amides is 2. The lowest BCUT2D eigenvalue weighted by molar-refractivity contribution is -0.140. The Morgan fingerprint density at radius 2 is 1.56 bits per heavy atom. The zero-order chi connectivity index (χ0) is 28.7. The van der Waals surface area contributed by atoms with E-state index in [0.29, 0.717) is 23.7 Å². The molecular weight excluding hydrogens is 534 g/mol. The minimum Gasteiger partial charge on any atom is -0.355 e. The van der Waals surface area contributed by atoms with Gasteiger partial charge in [0.15, 0.2) is 0 Å². The predicted molar refractivity (Wildman–Crippen MR) is 156 cm³/mol. The van der Waals surface area contributed by atoms with Crippen molar-refractivity contribution in [1.82, 2.24) is 10.2 Å². The fourth-order valence-corrected chi connectivity index (χ4v) is 5.95. The predicted octanol–water partition coefficient (Wildman–Crippen LogP) is 5.40. The molecule has 2 amide bonds. The van der Waals surface area contributed by atoms with Crippen molar-refractivity contribution in [3.05, 3.63) is 94.0 Å². The highest BCUT2D eigenvalue weighted by molar-refractivity contribution is 7.92. The van der Waals surface area contributed by atoms with Gasteiger partial charge < -0.3 is 10.2 Å². The SMILES string of the molecule is CCNC(=O)C(CC)N(Cc1ccc(Cl)cc1)C(=O)CN(c1cccc(C)c1C)S(=O)(=O)c1ccc(C)cc1. The average Bonchev–Trinajstić information content (AvgIpc) is 2.90. The third-order valence-corrected chi connectivity index (χ3v) is 8.76. The molecular formula is C30H36ClN3O4S. The van der Waals surface area contributed by atoms with Crippen LogP contribution in [0.3, 0.4) is 0 Å². The van der Waals surface area contributed by atoms with Crippen LogP contribution < -0.4 is 9.62 Å². The number of carbonyl (C=O) groups is 2. The third kappa shape index (κ3) is 7.19. The van der Waals surface area contributed by atoms with Crippen LogP contribution in [0.2, 0.25) is 5.02 Å². The van der Waals surface area contributed by atoms with Gasteiger partial charge in [-0.05, 0) is 81.1 Å². The van der Waals surface area contributed by atoms with Gasteiger partial charge in [0.1, 0.15) is 12.6 Å². The van der Waals surface area contributed by atoms with Gasteiger partial charge >= 0.3 is 0 Å². The van der Waals surface area contributed by atoms with Crippen molar-refractivity contribution < 1.29 is 18.0 Å². The van der Waals surface area contributed by atoms with Gasteiger partial charge in [0.2, 0.25) is 11.8 Å². The molecule has 7 nitrogen and oxygen atoms in total. The van der Waals surface area contributed by atoms with Gasteiger partial charge in [-0.1, -0.05) is 60.5 Å². The number of halogens is 1. The van der Waals surface area contributed by atoms with E-state index in [2.05, 4.69) is 5.32 Å². The van der Waals surface area contributed by atoms with Crippen molar-refractivity contribution in [1.29, 1.82) is 0 Å². The molecule has 0 saturated heterocycles. The van der Waals surface area contributed by atoms with E-state index < -0.39 is 28.5 Å². The summed E-state index contributed by atoms with van der Waals surface area (Å²) < 4.78 is 29.2. The van der Waals surface area contributed by atoms with Crippen molar-refractivity contribution in [2.75, 3.05) is 17.4 Å². The topological polar surface area (TPSA) is 86.8 Å². The van der Waals surface area contributed by atoms with Gasteiger partial charge in [-0.3, -0.25) is 13.9 Å². The summed E-state index contributed by atoms with van der Waals surface area (Å²) >= 11 is 6.06. The van der Waals surface area contributed by atoms with Crippen LogP contribution in [0.15, 0.2) is 71.6 Å². The maximum absolute atomic E-state index is 14.0. The molecule has 0 heterocycles. The second-order valence-corrected chi connectivity index (χ2v) is 11.8. The first-order valence-electron chi connectivity index (χ1n) is 13.0. The number of likely N-dealkylation sites (N-methyl/N-ethyl adjacent to an activating group) is 1. The zero-order valence-electron chi connectivity index (χ0n) is 23.1. The summed E-state index contributed by atoms with van der Waals surface area (Å²) in [6.07, 6.45) is 0.360. The molecule has 0 fully saturated rings. The van der Waals surface area contributed by atoms with Crippen molar-refractivity contribution >= 4 is 39.1 Å². The van der Waals surface area contributed by atoms with Crippen LogP contribution in [-0.4, -0.2) is 44.3 Å². The summed E-state index contributed by atoms with van der Waals surface area (Å²) in [6.45, 7) is 9.31. The molecule has 0 spiro atoms. The van der Waals surface area contributed by atoms with Crippen LogP contribution in [0.1, 0.15) is 42.5 Å². The number of rotatable bonds is 11. The van der Waals surface area contributed by atoms with Crippen molar-refractivity contribution in [2.24, 2.45) is 0 Å². The molecule has 0 radical (unpaired) electrons. The number of sulfonamides is 1. The van der Waals surface area contributed by atoms with Gasteiger partial charge in [-0.15, -0.1) is 0 Å². The maximum Gasteiger partial charge on any atom is 0.264 e. The van der Waals surface area contributed by atoms with Crippen molar-refractivity contribution in [3.63, 3.8) is 0 Å². The third-order valence-electron chi connectivity index (χ3n) is 6.74. The highest BCUT2D eigenvalue weighted by Crippen LogP contribution is 2.29. The fourth-order valence-electron chi connectivity index (χ4n) is 4.35. The van der Waals surface area contributed by atoms with Crippen molar-refractivity contribution in [2.45, 2.75) is 58.5 Å². The first-order chi connectivity index (χ1) is 18.5. The minimum atomic E-state index is -4.11. The smallest absolute Gasteiger partial charge is 0.264 e. The number of aryl methyl sites for hydroxylation is 2. The molecule has 9 heteroatoms. The molecule has 3 rings (SSSR count). The largest absolute Gasteiger partial charge is 0.355 e. The number of nitrogens with one attached hydrogen (secondary N) is 1. The molecule has 0 bridgehead atoms. The van der Waals surface area contributed by atoms with Crippen LogP contribution in [-0.2, 0) is 26.2 Å². The fraction of sp³-hybridized carbons (Fsp3) is 0.333. The summed E-state index contributed by atoms with van der Waals surface area (Å²) in [6, 6.07) is 18.1. The van der Waals surface area contributed by atoms with Crippen LogP contribution in [0.5, 0.6) is 0 Å². The Morgan fingerprint density at radius 3 is 2.15 bits per heavy atom. The Bertz CT molecular complexity index is 1410. The first kappa shape index (κ1) is 30.2. The van der Waals surface area contributed by atoms with Gasteiger partial charge in [0.05, 0.1) is 10.6 Å². The average molecular weight is 570 g/mol. The van der Waals surface area contributed by atoms with E-state index in [1.54, 1.807) is 60.7 Å². The Balaban J connectivity index is 2.10. The molecule has 39 heavy (non-hydrogen) atoms. The van der Waals surface area contributed by atoms with Crippen LogP contribution >= 0.6 is 11.6 Å². The second-order valence-electron chi connectivity index (χ2n) is 9.51. The Morgan fingerprint density at radius 1 is 0.923 bits per heavy atom. The normalized spacial score (nSPS) is 12.1. The van der Waals surface area contributed by atoms with Crippen LogP contribution in [0.4, 0.5) is 5.69 Å². The molecule has 1 unspecified atom stereocenters. The maximum atomic E-state index is 14.0. The summed E-state index contributed by atoms with van der Waals surface area (Å²) in [5, 5.41) is 3.36. The van der Waals surface area contributed by atoms with E-state index in [9.17, 15) is 18.0 Å². The summed E-state index contributed by atoms with van der Waals surface area (Å²) in [5.74, 6) is -0.776. The molecule has 1 N–H and O–H groups in total. The number of hydrogen-bond acceptors (Lipinski definition) is 4. The molecule has 0 saturated carbocycles. The number of anilines is 1. The Labute approximate surface area is 236 Å². The highest BCUT2D eigenvalue weighted by Gasteiger charge is 2.34. The molecule has 3 aromatic rings. The van der Waals surface area contributed by atoms with E-state index in [4.69, 9.17) is 11.6 Å². The number of hydrogen-bond donors (Lipinski definition) is 1. The molecule has 208 valence electrons. The summed E-state index contributed by atoms with van der Waals surface area (Å²) in [4.78, 5) is 28.6. The van der Waals surface area contributed by atoms with Crippen LogP contribution in [0, 0.1) is 20.8 Å². The van der Waals surface area contributed by atoms with E-state index in [1.807, 2.05) is 40.7 Å². The van der Waals surface area contributed by atoms with E-state index in [0.717, 1.165) is 26.6 Å². The minimum absolute atomic E-state index is 0.0850. The van der Waals surface area contributed by atoms with Gasteiger partial charge in [-0.2, -0.15) is 0 Å².